The summed E-state index contributed by atoms with van der Waals surface area (Å²) in [5.41, 5.74) is 5.92. The number of amides is 1. The zero-order valence-corrected chi connectivity index (χ0v) is 7.94. The van der Waals surface area contributed by atoms with E-state index in [2.05, 4.69) is 5.32 Å². The predicted molar refractivity (Wildman–Crippen MR) is 57.6 cm³/mol. The van der Waals surface area contributed by atoms with Crippen molar-refractivity contribution in [2.24, 2.45) is 5.73 Å². The molecule has 1 aliphatic carbocycles. The van der Waals surface area contributed by atoms with E-state index in [1.165, 1.54) is 0 Å². The van der Waals surface area contributed by atoms with Gasteiger partial charge in [0.1, 0.15) is 0 Å². The minimum absolute atomic E-state index is 0.0911. The van der Waals surface area contributed by atoms with Crippen LogP contribution in [0.4, 0.5) is 0 Å². The van der Waals surface area contributed by atoms with Crippen molar-refractivity contribution in [1.29, 1.82) is 0 Å². The van der Waals surface area contributed by atoms with E-state index in [1.54, 1.807) is 12.2 Å². The highest BCUT2D eigenvalue weighted by molar-refractivity contribution is 5.96. The van der Waals surface area contributed by atoms with Crippen molar-refractivity contribution in [3.63, 3.8) is 0 Å². The van der Waals surface area contributed by atoms with Gasteiger partial charge in [0.25, 0.3) is 5.91 Å². The Kier molecular flexibility index (Phi) is 4.44. The first kappa shape index (κ1) is 10.5. The first-order chi connectivity index (χ1) is 6.84. The van der Waals surface area contributed by atoms with Gasteiger partial charge in [0.15, 0.2) is 0 Å². The number of nitrogens with two attached hydrogens (primary N) is 1. The standard InChI is InChI=1S/C11H14N2O/c12-8-9-13-11(14)10-6-4-2-1-3-5-7-10/h1-7H,8-9,12H2,(H,13,14)/b2-1-,3-1?,4-2?,5-3-,6-4?,7-5?,10-6?,10-7?. The van der Waals surface area contributed by atoms with Gasteiger partial charge in [-0.1, -0.05) is 30.4 Å². The molecule has 3 heteroatoms. The molecule has 0 saturated carbocycles. The largest absolute Gasteiger partial charge is 0.351 e. The molecule has 0 bridgehead atoms. The van der Waals surface area contributed by atoms with Crippen LogP contribution in [0.5, 0.6) is 0 Å². The summed E-state index contributed by atoms with van der Waals surface area (Å²) in [4.78, 5) is 11.5. The van der Waals surface area contributed by atoms with Gasteiger partial charge in [0.05, 0.1) is 0 Å². The quantitative estimate of drug-likeness (QED) is 0.687. The third-order valence-electron chi connectivity index (χ3n) is 1.69. The summed E-state index contributed by atoms with van der Waals surface area (Å²) in [5.74, 6) is -0.0911. The molecule has 0 aliphatic heterocycles. The van der Waals surface area contributed by atoms with Crippen molar-refractivity contribution in [2.45, 2.75) is 0 Å². The van der Waals surface area contributed by atoms with Gasteiger partial charge in [-0.05, 0) is 12.2 Å². The van der Waals surface area contributed by atoms with Gasteiger partial charge in [0, 0.05) is 18.7 Å². The molecule has 14 heavy (non-hydrogen) atoms. The summed E-state index contributed by atoms with van der Waals surface area (Å²) in [6.07, 6.45) is 12.9. The van der Waals surface area contributed by atoms with Gasteiger partial charge in [0.2, 0.25) is 0 Å². The molecule has 0 unspecified atom stereocenters. The smallest absolute Gasteiger partial charge is 0.251 e. The molecular weight excluding hydrogens is 176 g/mol. The number of rotatable bonds is 3. The molecule has 1 aliphatic rings. The van der Waals surface area contributed by atoms with Gasteiger partial charge < -0.3 is 11.1 Å². The van der Waals surface area contributed by atoms with Crippen LogP contribution < -0.4 is 11.1 Å². The Morgan fingerprint density at radius 1 is 1.21 bits per heavy atom. The normalized spacial score (nSPS) is 19.1. The molecule has 74 valence electrons. The molecule has 0 atom stereocenters. The number of carbonyl (C=O) groups is 1. The zero-order valence-electron chi connectivity index (χ0n) is 7.94. The van der Waals surface area contributed by atoms with E-state index in [9.17, 15) is 4.79 Å². The lowest BCUT2D eigenvalue weighted by molar-refractivity contribution is -0.117. The van der Waals surface area contributed by atoms with Crippen LogP contribution in [0.3, 0.4) is 0 Å². The molecule has 3 N–H and O–H groups in total. The topological polar surface area (TPSA) is 55.1 Å². The minimum atomic E-state index is -0.0911. The molecular formula is C11H14N2O. The molecule has 0 aromatic rings. The summed E-state index contributed by atoms with van der Waals surface area (Å²) in [5, 5.41) is 2.71. The number of hydrogen-bond acceptors (Lipinski definition) is 2. The Bertz CT molecular complexity index is 311. The van der Waals surface area contributed by atoms with Gasteiger partial charge in [-0.2, -0.15) is 0 Å². The summed E-state index contributed by atoms with van der Waals surface area (Å²) >= 11 is 0. The predicted octanol–water partition coefficient (Wildman–Crippen LogP) is 0.670. The Morgan fingerprint density at radius 3 is 2.71 bits per heavy atom. The van der Waals surface area contributed by atoms with Crippen LogP contribution in [0.2, 0.25) is 0 Å². The molecule has 0 radical (unpaired) electrons. The van der Waals surface area contributed by atoms with Crippen LogP contribution in [-0.4, -0.2) is 19.0 Å². The average molecular weight is 190 g/mol. The monoisotopic (exact) mass is 190 g/mol. The SMILES string of the molecule is NCCNC(=O)C1=C/C=C\C=C/C=C1. The van der Waals surface area contributed by atoms with Gasteiger partial charge in [-0.25, -0.2) is 0 Å². The molecule has 3 nitrogen and oxygen atoms in total. The maximum Gasteiger partial charge on any atom is 0.251 e. The van der Waals surface area contributed by atoms with Crippen molar-refractivity contribution in [3.05, 3.63) is 48.1 Å². The fraction of sp³-hybridized carbons (Fsp3) is 0.182. The van der Waals surface area contributed by atoms with Gasteiger partial charge in [-0.15, -0.1) is 0 Å². The van der Waals surface area contributed by atoms with E-state index in [1.807, 2.05) is 30.4 Å². The van der Waals surface area contributed by atoms with Crippen molar-refractivity contribution >= 4 is 5.91 Å². The third-order valence-corrected chi connectivity index (χ3v) is 1.69. The number of hydrogen-bond donors (Lipinski definition) is 2. The van der Waals surface area contributed by atoms with Gasteiger partial charge >= 0.3 is 0 Å². The molecule has 0 heterocycles. The lowest BCUT2D eigenvalue weighted by Crippen LogP contribution is -2.29. The second-order valence-corrected chi connectivity index (χ2v) is 2.80. The van der Waals surface area contributed by atoms with Gasteiger partial charge in [-0.3, -0.25) is 4.79 Å². The lowest BCUT2D eigenvalue weighted by atomic mass is 10.1. The molecule has 0 saturated heterocycles. The van der Waals surface area contributed by atoms with E-state index >= 15 is 0 Å². The Morgan fingerprint density at radius 2 is 1.93 bits per heavy atom. The van der Waals surface area contributed by atoms with Crippen molar-refractivity contribution in [3.8, 4) is 0 Å². The van der Waals surface area contributed by atoms with E-state index < -0.39 is 0 Å². The minimum Gasteiger partial charge on any atom is -0.351 e. The van der Waals surface area contributed by atoms with E-state index in [-0.39, 0.29) is 5.91 Å². The summed E-state index contributed by atoms with van der Waals surface area (Å²) < 4.78 is 0. The second-order valence-electron chi connectivity index (χ2n) is 2.80. The Balaban J connectivity index is 2.61. The van der Waals surface area contributed by atoms with Crippen LogP contribution >= 0.6 is 0 Å². The Hall–Kier alpha value is -1.61. The highest BCUT2D eigenvalue weighted by Crippen LogP contribution is 2.01. The van der Waals surface area contributed by atoms with E-state index in [0.29, 0.717) is 18.7 Å². The van der Waals surface area contributed by atoms with Crippen LogP contribution in [0.15, 0.2) is 48.1 Å². The molecule has 0 aromatic heterocycles. The highest BCUT2D eigenvalue weighted by Gasteiger charge is 2.03. The fourth-order valence-corrected chi connectivity index (χ4v) is 1.01. The first-order valence-electron chi connectivity index (χ1n) is 4.54. The first-order valence-corrected chi connectivity index (χ1v) is 4.54. The molecule has 0 aromatic carbocycles. The molecule has 1 amide bonds. The number of nitrogens with one attached hydrogen (secondary N) is 1. The Labute approximate surface area is 83.7 Å². The number of allylic oxidation sites excluding steroid dienone is 6. The average Bonchev–Trinajstić information content (AvgIpc) is 2.13. The third kappa shape index (κ3) is 3.41. The molecule has 1 rings (SSSR count). The van der Waals surface area contributed by atoms with E-state index in [4.69, 9.17) is 5.73 Å². The second kappa shape index (κ2) is 5.94. The zero-order chi connectivity index (χ0) is 10.2. The molecule has 0 fully saturated rings. The summed E-state index contributed by atoms with van der Waals surface area (Å²) in [7, 11) is 0. The van der Waals surface area contributed by atoms with Crippen LogP contribution in [0, 0.1) is 0 Å². The van der Waals surface area contributed by atoms with Crippen molar-refractivity contribution < 1.29 is 4.79 Å². The summed E-state index contributed by atoms with van der Waals surface area (Å²) in [6, 6.07) is 0. The maximum atomic E-state index is 11.5. The summed E-state index contributed by atoms with van der Waals surface area (Å²) in [6.45, 7) is 0.960. The lowest BCUT2D eigenvalue weighted by Gasteiger charge is -2.03. The van der Waals surface area contributed by atoms with Crippen LogP contribution in [0.1, 0.15) is 0 Å². The number of carbonyl (C=O) groups excluding carboxylic acids is 1. The van der Waals surface area contributed by atoms with Crippen molar-refractivity contribution in [1.82, 2.24) is 5.32 Å². The van der Waals surface area contributed by atoms with Crippen LogP contribution in [-0.2, 0) is 4.79 Å². The molecule has 0 spiro atoms. The van der Waals surface area contributed by atoms with E-state index in [0.717, 1.165) is 0 Å². The van der Waals surface area contributed by atoms with Crippen molar-refractivity contribution in [2.75, 3.05) is 13.1 Å². The fourth-order valence-electron chi connectivity index (χ4n) is 1.01. The maximum absolute atomic E-state index is 11.5. The van der Waals surface area contributed by atoms with Crippen LogP contribution in [0.25, 0.3) is 0 Å². The highest BCUT2D eigenvalue weighted by atomic mass is 16.1.